The number of piperazine rings is 1. The van der Waals surface area contributed by atoms with Gasteiger partial charge >= 0.3 is 0 Å². The molecule has 2 aromatic heterocycles. The molecule has 1 saturated carbocycles. The molecule has 10 heteroatoms. The number of carbonyl (C=O) groups excluding carboxylic acids is 1. The van der Waals surface area contributed by atoms with Gasteiger partial charge in [0.1, 0.15) is 11.6 Å². The van der Waals surface area contributed by atoms with Gasteiger partial charge in [-0.2, -0.15) is 0 Å². The Bertz CT molecular complexity index is 1250. The van der Waals surface area contributed by atoms with Crippen LogP contribution in [0.5, 0.6) is 0 Å². The summed E-state index contributed by atoms with van der Waals surface area (Å²) in [6.45, 7) is 4.32. The Hall–Kier alpha value is -3.43. The van der Waals surface area contributed by atoms with E-state index in [1.54, 1.807) is 37.5 Å². The number of nitrogens with zero attached hydrogens (tertiary/aromatic N) is 5. The van der Waals surface area contributed by atoms with E-state index in [0.717, 1.165) is 17.0 Å². The number of hydrogen-bond donors (Lipinski definition) is 1. The number of aromatic nitrogens is 4. The van der Waals surface area contributed by atoms with Gasteiger partial charge in [0.25, 0.3) is 0 Å². The van der Waals surface area contributed by atoms with Crippen molar-refractivity contribution in [2.75, 3.05) is 31.1 Å². The molecule has 5 rings (SSSR count). The van der Waals surface area contributed by atoms with Crippen molar-refractivity contribution < 1.29 is 18.0 Å². The second-order valence-electron chi connectivity index (χ2n) is 10.3. The minimum absolute atomic E-state index is 0.0554. The largest absolute Gasteiger partial charge is 0.342 e. The van der Waals surface area contributed by atoms with Gasteiger partial charge in [-0.15, -0.1) is 0 Å². The summed E-state index contributed by atoms with van der Waals surface area (Å²) in [5, 5.41) is 0. The molecule has 1 saturated heterocycles. The van der Waals surface area contributed by atoms with Crippen LogP contribution in [0.15, 0.2) is 36.7 Å². The van der Waals surface area contributed by atoms with Gasteiger partial charge in [-0.1, -0.05) is 0 Å². The molecule has 202 valence electrons. The summed E-state index contributed by atoms with van der Waals surface area (Å²) in [4.78, 5) is 33.6. The molecule has 1 amide bonds. The molecule has 3 heterocycles. The molecule has 38 heavy (non-hydrogen) atoms. The highest BCUT2D eigenvalue weighted by atomic mass is 19.3. The van der Waals surface area contributed by atoms with Crippen molar-refractivity contribution in [3.05, 3.63) is 59.4 Å². The molecule has 1 aliphatic carbocycles. The molecule has 1 aliphatic heterocycles. The molecule has 2 fully saturated rings. The molecule has 2 aliphatic rings. The Morgan fingerprint density at radius 1 is 1.11 bits per heavy atom. The van der Waals surface area contributed by atoms with Crippen molar-refractivity contribution in [3.63, 3.8) is 0 Å². The van der Waals surface area contributed by atoms with Gasteiger partial charge in [0.2, 0.25) is 17.8 Å². The quantitative estimate of drug-likeness (QED) is 0.453. The third kappa shape index (κ3) is 6.00. The van der Waals surface area contributed by atoms with Crippen LogP contribution in [-0.4, -0.2) is 62.8 Å². The van der Waals surface area contributed by atoms with E-state index in [4.69, 9.17) is 4.98 Å². The van der Waals surface area contributed by atoms with Gasteiger partial charge in [-0.25, -0.2) is 28.1 Å². The number of aromatic amines is 1. The molecule has 0 spiro atoms. The fraction of sp³-hybridized carbons (Fsp3) is 0.500. The number of rotatable bonds is 7. The van der Waals surface area contributed by atoms with Crippen molar-refractivity contribution in [1.29, 1.82) is 0 Å². The SMILES string of the molecule is Cc1cc(-c2nc(C3CCC(F)(F)CC3)c(CCCC(=O)N3CCN(c4ncccn4)CC3)[nH]2)ccc1F. The average molecular weight is 527 g/mol. The van der Waals surface area contributed by atoms with E-state index >= 15 is 0 Å². The topological polar surface area (TPSA) is 78.0 Å². The number of alkyl halides is 2. The van der Waals surface area contributed by atoms with E-state index in [1.165, 1.54) is 6.07 Å². The van der Waals surface area contributed by atoms with E-state index in [0.29, 0.717) is 75.6 Å². The number of anilines is 1. The lowest BCUT2D eigenvalue weighted by atomic mass is 9.83. The average Bonchev–Trinajstić information content (AvgIpc) is 3.35. The van der Waals surface area contributed by atoms with Crippen LogP contribution < -0.4 is 4.90 Å². The van der Waals surface area contributed by atoms with E-state index < -0.39 is 5.92 Å². The molecular weight excluding hydrogens is 493 g/mol. The fourth-order valence-corrected chi connectivity index (χ4v) is 5.38. The molecule has 0 unspecified atom stereocenters. The maximum absolute atomic E-state index is 13.8. The first-order valence-electron chi connectivity index (χ1n) is 13.3. The first-order chi connectivity index (χ1) is 18.3. The number of H-pyrrole nitrogens is 1. The monoisotopic (exact) mass is 526 g/mol. The van der Waals surface area contributed by atoms with Gasteiger partial charge in [0, 0.05) is 75.0 Å². The number of amides is 1. The Morgan fingerprint density at radius 3 is 2.50 bits per heavy atom. The smallest absolute Gasteiger partial charge is 0.248 e. The van der Waals surface area contributed by atoms with Crippen LogP contribution in [0.1, 0.15) is 61.4 Å². The van der Waals surface area contributed by atoms with Crippen LogP contribution in [-0.2, 0) is 11.2 Å². The zero-order valence-corrected chi connectivity index (χ0v) is 21.6. The third-order valence-electron chi connectivity index (χ3n) is 7.63. The Kier molecular flexibility index (Phi) is 7.67. The molecule has 1 aromatic carbocycles. The lowest BCUT2D eigenvalue weighted by molar-refractivity contribution is -0.131. The van der Waals surface area contributed by atoms with Crippen LogP contribution >= 0.6 is 0 Å². The first kappa shape index (κ1) is 26.2. The molecule has 0 atom stereocenters. The summed E-state index contributed by atoms with van der Waals surface area (Å²) >= 11 is 0. The summed E-state index contributed by atoms with van der Waals surface area (Å²) in [5.74, 6) is -1.56. The van der Waals surface area contributed by atoms with Crippen molar-refractivity contribution in [3.8, 4) is 11.4 Å². The lowest BCUT2D eigenvalue weighted by Crippen LogP contribution is -2.49. The van der Waals surface area contributed by atoms with Gasteiger partial charge in [-0.05, 0) is 62.4 Å². The van der Waals surface area contributed by atoms with E-state index in [-0.39, 0.29) is 30.5 Å². The molecular formula is C28H33F3N6O. The van der Waals surface area contributed by atoms with Crippen molar-refractivity contribution >= 4 is 11.9 Å². The Morgan fingerprint density at radius 2 is 1.82 bits per heavy atom. The molecule has 7 nitrogen and oxygen atoms in total. The summed E-state index contributed by atoms with van der Waals surface area (Å²) < 4.78 is 41.5. The van der Waals surface area contributed by atoms with Gasteiger partial charge in [-0.3, -0.25) is 4.79 Å². The number of hydrogen-bond acceptors (Lipinski definition) is 5. The highest BCUT2D eigenvalue weighted by molar-refractivity contribution is 5.76. The van der Waals surface area contributed by atoms with E-state index in [9.17, 15) is 18.0 Å². The fourth-order valence-electron chi connectivity index (χ4n) is 5.38. The molecule has 0 bridgehead atoms. The second-order valence-corrected chi connectivity index (χ2v) is 10.3. The number of benzene rings is 1. The van der Waals surface area contributed by atoms with Crippen LogP contribution in [0.25, 0.3) is 11.4 Å². The zero-order chi connectivity index (χ0) is 26.7. The highest BCUT2D eigenvalue weighted by Gasteiger charge is 2.37. The summed E-state index contributed by atoms with van der Waals surface area (Å²) in [7, 11) is 0. The van der Waals surface area contributed by atoms with Crippen LogP contribution in [0.4, 0.5) is 19.1 Å². The van der Waals surface area contributed by atoms with Crippen LogP contribution in [0.3, 0.4) is 0 Å². The molecule has 1 N–H and O–H groups in total. The predicted molar refractivity (Wildman–Crippen MR) is 139 cm³/mol. The van der Waals surface area contributed by atoms with Crippen molar-refractivity contribution in [1.82, 2.24) is 24.8 Å². The normalized spacial score (nSPS) is 18.1. The minimum atomic E-state index is -2.62. The molecule has 0 radical (unpaired) electrons. The standard InChI is InChI=1S/C28H33F3N6O/c1-19-18-21(6-7-22(19)29)26-34-23(25(35-26)20-8-10-28(30,31)11-9-20)4-2-5-24(38)36-14-16-37(17-15-36)27-32-12-3-13-33-27/h3,6-7,12-13,18,20H,2,4-5,8-11,14-17H2,1H3,(H,34,35). The summed E-state index contributed by atoms with van der Waals surface area (Å²) in [6.07, 6.45) is 5.51. The van der Waals surface area contributed by atoms with Gasteiger partial charge < -0.3 is 14.8 Å². The highest BCUT2D eigenvalue weighted by Crippen LogP contribution is 2.42. The van der Waals surface area contributed by atoms with Crippen LogP contribution in [0, 0.1) is 12.7 Å². The number of halogens is 3. The minimum Gasteiger partial charge on any atom is -0.342 e. The lowest BCUT2D eigenvalue weighted by Gasteiger charge is -2.34. The van der Waals surface area contributed by atoms with E-state index in [2.05, 4.69) is 19.9 Å². The van der Waals surface area contributed by atoms with Gasteiger partial charge in [0.05, 0.1) is 5.69 Å². The van der Waals surface area contributed by atoms with Crippen molar-refractivity contribution in [2.24, 2.45) is 0 Å². The summed E-state index contributed by atoms with van der Waals surface area (Å²) in [5.41, 5.74) is 2.97. The van der Waals surface area contributed by atoms with Crippen molar-refractivity contribution in [2.45, 2.75) is 63.7 Å². The zero-order valence-electron chi connectivity index (χ0n) is 21.6. The third-order valence-corrected chi connectivity index (χ3v) is 7.63. The van der Waals surface area contributed by atoms with Gasteiger partial charge in [0.15, 0.2) is 0 Å². The predicted octanol–water partition coefficient (Wildman–Crippen LogP) is 5.28. The number of imidazole rings is 1. The first-order valence-corrected chi connectivity index (χ1v) is 13.3. The number of aryl methyl sites for hydroxylation is 2. The van der Waals surface area contributed by atoms with E-state index in [1.807, 2.05) is 4.90 Å². The maximum Gasteiger partial charge on any atom is 0.248 e. The Labute approximate surface area is 220 Å². The van der Waals surface area contributed by atoms with Crippen LogP contribution in [0.2, 0.25) is 0 Å². The molecule has 3 aromatic rings. The maximum atomic E-state index is 13.8. The Balaban J connectivity index is 1.23. The summed E-state index contributed by atoms with van der Waals surface area (Å²) in [6, 6.07) is 6.60. The second kappa shape index (κ2) is 11.1. The number of carbonyl (C=O) groups is 1. The number of nitrogens with one attached hydrogen (secondary N) is 1.